The van der Waals surface area contributed by atoms with Crippen LogP contribution in [0.25, 0.3) is 0 Å². The van der Waals surface area contributed by atoms with Gasteiger partial charge in [0.15, 0.2) is 0 Å². The molecule has 2 aliphatic rings. The van der Waals surface area contributed by atoms with Crippen molar-refractivity contribution < 1.29 is 9.90 Å². The van der Waals surface area contributed by atoms with Gasteiger partial charge in [0, 0.05) is 18.6 Å². The molecule has 110 valence electrons. The Hall–Kier alpha value is -0.610. The summed E-state index contributed by atoms with van der Waals surface area (Å²) in [5.41, 5.74) is -0.701. The van der Waals surface area contributed by atoms with Gasteiger partial charge in [0.25, 0.3) is 0 Å². The van der Waals surface area contributed by atoms with E-state index in [0.29, 0.717) is 18.0 Å². The highest BCUT2D eigenvalue weighted by Crippen LogP contribution is 2.37. The van der Waals surface area contributed by atoms with E-state index in [1.807, 2.05) is 0 Å². The molecule has 0 aromatic heterocycles. The minimum Gasteiger partial charge on any atom is -0.480 e. The number of rotatable bonds is 6. The summed E-state index contributed by atoms with van der Waals surface area (Å²) in [6.07, 6.45) is 6.27. The minimum atomic E-state index is -0.701. The summed E-state index contributed by atoms with van der Waals surface area (Å²) in [4.78, 5) is 14.2. The lowest BCUT2D eigenvalue weighted by Crippen LogP contribution is -2.57. The fraction of sp³-hybridized carbons (Fsp3) is 0.933. The van der Waals surface area contributed by atoms with Gasteiger partial charge in [-0.15, -0.1) is 0 Å². The molecule has 0 amide bonds. The number of nitrogens with zero attached hydrogens (tertiary/aromatic N) is 1. The third kappa shape index (κ3) is 3.29. The smallest absolute Gasteiger partial charge is 0.323 e. The number of aliphatic carboxylic acids is 1. The van der Waals surface area contributed by atoms with Crippen molar-refractivity contribution in [2.75, 3.05) is 13.6 Å². The summed E-state index contributed by atoms with van der Waals surface area (Å²) in [7, 11) is 1.79. The Morgan fingerprint density at radius 3 is 2.53 bits per heavy atom. The van der Waals surface area contributed by atoms with Crippen molar-refractivity contribution in [2.24, 2.45) is 5.92 Å². The van der Waals surface area contributed by atoms with Crippen LogP contribution in [0.2, 0.25) is 0 Å². The van der Waals surface area contributed by atoms with Gasteiger partial charge in [-0.1, -0.05) is 13.8 Å². The second-order valence-electron chi connectivity index (χ2n) is 6.71. The molecule has 2 rings (SSSR count). The molecule has 19 heavy (non-hydrogen) atoms. The molecule has 0 heterocycles. The van der Waals surface area contributed by atoms with Crippen LogP contribution in [0.15, 0.2) is 0 Å². The molecule has 0 aliphatic heterocycles. The maximum absolute atomic E-state index is 11.6. The lowest BCUT2D eigenvalue weighted by Gasteiger charge is -2.43. The standard InChI is InChI=1S/C15H28N2O2/c1-11(2)10-17(12-6-7-12)13-5-4-8-15(9-13,16-3)14(18)19/h11-13,16H,4-10H2,1-3H3,(H,18,19). The van der Waals surface area contributed by atoms with Crippen molar-refractivity contribution >= 4 is 5.97 Å². The lowest BCUT2D eigenvalue weighted by molar-refractivity contribution is -0.147. The fourth-order valence-electron chi connectivity index (χ4n) is 3.48. The molecule has 2 unspecified atom stereocenters. The summed E-state index contributed by atoms with van der Waals surface area (Å²) in [5.74, 6) is -0.0312. The van der Waals surface area contributed by atoms with Crippen molar-refractivity contribution in [3.8, 4) is 0 Å². The third-order valence-corrected chi connectivity index (χ3v) is 4.67. The zero-order valence-corrected chi connectivity index (χ0v) is 12.5. The Balaban J connectivity index is 2.07. The molecule has 0 aromatic rings. The zero-order chi connectivity index (χ0) is 14.0. The van der Waals surface area contributed by atoms with Gasteiger partial charge >= 0.3 is 5.97 Å². The van der Waals surface area contributed by atoms with Gasteiger partial charge in [0.1, 0.15) is 5.54 Å². The van der Waals surface area contributed by atoms with Gasteiger partial charge in [-0.05, 0) is 51.5 Å². The summed E-state index contributed by atoms with van der Waals surface area (Å²) in [5, 5.41) is 12.6. The van der Waals surface area contributed by atoms with E-state index in [1.54, 1.807) is 7.05 Å². The number of hydrogen-bond donors (Lipinski definition) is 2. The first-order chi connectivity index (χ1) is 8.98. The normalized spacial score (nSPS) is 31.9. The Morgan fingerprint density at radius 2 is 2.05 bits per heavy atom. The van der Waals surface area contributed by atoms with Gasteiger partial charge in [-0.25, -0.2) is 0 Å². The Morgan fingerprint density at radius 1 is 1.37 bits per heavy atom. The van der Waals surface area contributed by atoms with E-state index in [1.165, 1.54) is 12.8 Å². The zero-order valence-electron chi connectivity index (χ0n) is 12.5. The molecule has 2 aliphatic carbocycles. The Kier molecular flexibility index (Phi) is 4.51. The number of carboxylic acids is 1. The molecule has 4 nitrogen and oxygen atoms in total. The molecule has 4 heteroatoms. The Labute approximate surface area is 116 Å². The number of carboxylic acid groups (broad SMARTS) is 1. The summed E-state index contributed by atoms with van der Waals surface area (Å²) in [6.45, 7) is 5.61. The SMILES string of the molecule is CNC1(C(=O)O)CCCC(N(CC(C)C)C2CC2)C1. The van der Waals surface area contributed by atoms with Gasteiger partial charge in [-0.2, -0.15) is 0 Å². The first kappa shape index (κ1) is 14.8. The van der Waals surface area contributed by atoms with Crippen molar-refractivity contribution in [3.05, 3.63) is 0 Å². The van der Waals surface area contributed by atoms with Crippen LogP contribution in [0.5, 0.6) is 0 Å². The highest BCUT2D eigenvalue weighted by Gasteiger charge is 2.45. The first-order valence-electron chi connectivity index (χ1n) is 7.66. The molecule has 0 saturated heterocycles. The molecule has 0 radical (unpaired) electrons. The van der Waals surface area contributed by atoms with E-state index in [9.17, 15) is 9.90 Å². The largest absolute Gasteiger partial charge is 0.480 e. The first-order valence-corrected chi connectivity index (χ1v) is 7.66. The van der Waals surface area contributed by atoms with Crippen LogP contribution in [0, 0.1) is 5.92 Å². The average molecular weight is 268 g/mol. The predicted octanol–water partition coefficient (Wildman–Crippen LogP) is 2.09. The monoisotopic (exact) mass is 268 g/mol. The molecule has 0 spiro atoms. The minimum absolute atomic E-state index is 0.437. The summed E-state index contributed by atoms with van der Waals surface area (Å²) < 4.78 is 0. The van der Waals surface area contributed by atoms with Crippen molar-refractivity contribution in [2.45, 2.75) is 70.0 Å². The second kappa shape index (κ2) is 5.80. The summed E-state index contributed by atoms with van der Waals surface area (Å²) >= 11 is 0. The topological polar surface area (TPSA) is 52.6 Å². The van der Waals surface area contributed by atoms with Crippen molar-refractivity contribution in [1.82, 2.24) is 10.2 Å². The van der Waals surface area contributed by atoms with Gasteiger partial charge < -0.3 is 10.4 Å². The van der Waals surface area contributed by atoms with Gasteiger partial charge in [0.05, 0.1) is 0 Å². The van der Waals surface area contributed by atoms with Crippen LogP contribution in [0.3, 0.4) is 0 Å². The van der Waals surface area contributed by atoms with Crippen molar-refractivity contribution in [3.63, 3.8) is 0 Å². The maximum Gasteiger partial charge on any atom is 0.323 e. The number of hydrogen-bond acceptors (Lipinski definition) is 3. The van der Waals surface area contributed by atoms with Crippen LogP contribution in [-0.4, -0.2) is 47.2 Å². The third-order valence-electron chi connectivity index (χ3n) is 4.67. The van der Waals surface area contributed by atoms with Crippen LogP contribution in [0.1, 0.15) is 52.4 Å². The van der Waals surface area contributed by atoms with E-state index in [2.05, 4.69) is 24.1 Å². The molecule has 2 N–H and O–H groups in total. The maximum atomic E-state index is 11.6. The number of likely N-dealkylation sites (N-methyl/N-ethyl adjacent to an activating group) is 1. The molecule has 2 atom stereocenters. The Bertz CT molecular complexity index is 328. The van der Waals surface area contributed by atoms with E-state index in [4.69, 9.17) is 0 Å². The predicted molar refractivity (Wildman–Crippen MR) is 76.2 cm³/mol. The lowest BCUT2D eigenvalue weighted by atomic mass is 9.78. The molecule has 2 saturated carbocycles. The molecule has 0 bridgehead atoms. The van der Waals surface area contributed by atoms with E-state index in [-0.39, 0.29) is 0 Å². The number of carbonyl (C=O) groups is 1. The van der Waals surface area contributed by atoms with Crippen LogP contribution < -0.4 is 5.32 Å². The van der Waals surface area contributed by atoms with Gasteiger partial charge in [0.2, 0.25) is 0 Å². The van der Waals surface area contributed by atoms with Crippen LogP contribution in [0.4, 0.5) is 0 Å². The van der Waals surface area contributed by atoms with E-state index < -0.39 is 11.5 Å². The van der Waals surface area contributed by atoms with E-state index in [0.717, 1.165) is 32.2 Å². The molecule has 2 fully saturated rings. The highest BCUT2D eigenvalue weighted by atomic mass is 16.4. The molecule has 0 aromatic carbocycles. The van der Waals surface area contributed by atoms with Crippen LogP contribution >= 0.6 is 0 Å². The summed E-state index contributed by atoms with van der Waals surface area (Å²) in [6, 6.07) is 1.15. The number of nitrogens with one attached hydrogen (secondary N) is 1. The quantitative estimate of drug-likeness (QED) is 0.774. The average Bonchev–Trinajstić information content (AvgIpc) is 3.19. The highest BCUT2D eigenvalue weighted by molar-refractivity contribution is 5.79. The molecular formula is C15H28N2O2. The van der Waals surface area contributed by atoms with Crippen molar-refractivity contribution in [1.29, 1.82) is 0 Å². The fourth-order valence-corrected chi connectivity index (χ4v) is 3.48. The second-order valence-corrected chi connectivity index (χ2v) is 6.71. The van der Waals surface area contributed by atoms with Crippen LogP contribution in [-0.2, 0) is 4.79 Å². The van der Waals surface area contributed by atoms with Gasteiger partial charge in [-0.3, -0.25) is 9.69 Å². The van der Waals surface area contributed by atoms with E-state index >= 15 is 0 Å². The molecular weight excluding hydrogens is 240 g/mol.